The quantitative estimate of drug-likeness (QED) is 0.865. The molecule has 5 nitrogen and oxygen atoms in total. The third kappa shape index (κ3) is 3.17. The van der Waals surface area contributed by atoms with E-state index < -0.39 is 23.1 Å². The number of rotatable bonds is 3. The molecule has 1 amide bonds. The summed E-state index contributed by atoms with van der Waals surface area (Å²) < 4.78 is 32.7. The molecule has 1 aromatic heterocycles. The van der Waals surface area contributed by atoms with Crippen LogP contribution in [0.5, 0.6) is 0 Å². The van der Waals surface area contributed by atoms with Crippen LogP contribution in [0, 0.1) is 25.5 Å². The normalized spacial score (nSPS) is 15.8. The molecule has 3 rings (SSSR count). The fourth-order valence-electron chi connectivity index (χ4n) is 2.92. The van der Waals surface area contributed by atoms with E-state index in [0.29, 0.717) is 32.7 Å². The summed E-state index contributed by atoms with van der Waals surface area (Å²) in [6, 6.07) is 3.46. The minimum absolute atomic E-state index is 0.427. The predicted octanol–water partition coefficient (Wildman–Crippen LogP) is 2.53. The van der Waals surface area contributed by atoms with Crippen LogP contribution < -0.4 is 0 Å². The lowest BCUT2D eigenvalue weighted by atomic mass is 10.1. The van der Waals surface area contributed by atoms with E-state index in [1.165, 1.54) is 11.0 Å². The molecule has 128 valence electrons. The lowest BCUT2D eigenvalue weighted by Gasteiger charge is -2.34. The van der Waals surface area contributed by atoms with Gasteiger partial charge in [-0.1, -0.05) is 11.2 Å². The molecular formula is C17H19F2N3O2. The second-order valence-corrected chi connectivity index (χ2v) is 5.97. The molecule has 0 saturated carbocycles. The Labute approximate surface area is 138 Å². The lowest BCUT2D eigenvalue weighted by Crippen LogP contribution is -2.48. The third-order valence-electron chi connectivity index (χ3n) is 4.40. The lowest BCUT2D eigenvalue weighted by molar-refractivity contribution is 0.0618. The molecule has 1 aliphatic heterocycles. The second kappa shape index (κ2) is 6.68. The van der Waals surface area contributed by atoms with Crippen molar-refractivity contribution in [3.8, 4) is 0 Å². The minimum Gasteiger partial charge on any atom is -0.361 e. The number of benzene rings is 1. The summed E-state index contributed by atoms with van der Waals surface area (Å²) in [5.74, 6) is -1.45. The van der Waals surface area contributed by atoms with Gasteiger partial charge in [0.2, 0.25) is 0 Å². The van der Waals surface area contributed by atoms with Gasteiger partial charge in [0.15, 0.2) is 0 Å². The van der Waals surface area contributed by atoms with Crippen LogP contribution in [-0.4, -0.2) is 47.0 Å². The number of piperazine rings is 1. The van der Waals surface area contributed by atoms with Gasteiger partial charge in [0.05, 0.1) is 5.69 Å². The zero-order valence-electron chi connectivity index (χ0n) is 13.7. The summed E-state index contributed by atoms with van der Waals surface area (Å²) in [5, 5.41) is 3.93. The highest BCUT2D eigenvalue weighted by Crippen LogP contribution is 2.19. The van der Waals surface area contributed by atoms with Gasteiger partial charge >= 0.3 is 0 Å². The van der Waals surface area contributed by atoms with Gasteiger partial charge in [-0.2, -0.15) is 0 Å². The molecule has 2 heterocycles. The van der Waals surface area contributed by atoms with Gasteiger partial charge in [-0.15, -0.1) is 0 Å². The van der Waals surface area contributed by atoms with E-state index in [9.17, 15) is 13.6 Å². The van der Waals surface area contributed by atoms with Crippen LogP contribution in [0.4, 0.5) is 8.78 Å². The van der Waals surface area contributed by atoms with Crippen molar-refractivity contribution in [2.45, 2.75) is 20.4 Å². The van der Waals surface area contributed by atoms with Crippen molar-refractivity contribution in [3.05, 3.63) is 52.4 Å². The maximum atomic E-state index is 13.8. The number of aromatic nitrogens is 1. The number of hydrogen-bond acceptors (Lipinski definition) is 4. The molecule has 24 heavy (non-hydrogen) atoms. The molecule has 7 heteroatoms. The first kappa shape index (κ1) is 16.6. The molecule has 0 atom stereocenters. The maximum Gasteiger partial charge on any atom is 0.259 e. The number of carbonyl (C=O) groups excluding carboxylic acids is 1. The molecule has 0 radical (unpaired) electrons. The molecule has 0 bridgehead atoms. The van der Waals surface area contributed by atoms with E-state index >= 15 is 0 Å². The summed E-state index contributed by atoms with van der Waals surface area (Å²) in [4.78, 5) is 16.0. The van der Waals surface area contributed by atoms with Crippen LogP contribution in [0.15, 0.2) is 22.7 Å². The highest BCUT2D eigenvalue weighted by molar-refractivity contribution is 5.94. The largest absolute Gasteiger partial charge is 0.361 e. The van der Waals surface area contributed by atoms with E-state index in [0.717, 1.165) is 29.2 Å². The Kier molecular flexibility index (Phi) is 4.62. The summed E-state index contributed by atoms with van der Waals surface area (Å²) >= 11 is 0. The van der Waals surface area contributed by atoms with Gasteiger partial charge in [0, 0.05) is 38.3 Å². The Bertz CT molecular complexity index is 713. The van der Waals surface area contributed by atoms with Crippen LogP contribution >= 0.6 is 0 Å². The molecule has 2 aromatic rings. The fourth-order valence-corrected chi connectivity index (χ4v) is 2.92. The standard InChI is InChI=1S/C17H19F2N3O2/c1-11-13(12(2)24-20-11)10-21-6-8-22(9-7-21)17(23)16-14(18)4-3-5-15(16)19/h3-5H,6-10H2,1-2H3. The van der Waals surface area contributed by atoms with Crippen molar-refractivity contribution in [2.24, 2.45) is 0 Å². The van der Waals surface area contributed by atoms with Crippen molar-refractivity contribution < 1.29 is 18.1 Å². The Balaban J connectivity index is 1.64. The monoisotopic (exact) mass is 335 g/mol. The van der Waals surface area contributed by atoms with Gasteiger partial charge in [-0.25, -0.2) is 8.78 Å². The summed E-state index contributed by atoms with van der Waals surface area (Å²) in [6.07, 6.45) is 0. The number of aryl methyl sites for hydroxylation is 2. The number of amides is 1. The van der Waals surface area contributed by atoms with Gasteiger partial charge in [0.1, 0.15) is 23.0 Å². The molecule has 1 saturated heterocycles. The number of halogens is 2. The van der Waals surface area contributed by atoms with Crippen LogP contribution in [0.1, 0.15) is 27.4 Å². The summed E-state index contributed by atoms with van der Waals surface area (Å²) in [5.41, 5.74) is 1.44. The highest BCUT2D eigenvalue weighted by atomic mass is 19.1. The van der Waals surface area contributed by atoms with E-state index in [1.807, 2.05) is 13.8 Å². The fraction of sp³-hybridized carbons (Fsp3) is 0.412. The third-order valence-corrected chi connectivity index (χ3v) is 4.40. The molecule has 1 aliphatic rings. The Morgan fingerprint density at radius 3 is 2.33 bits per heavy atom. The molecule has 0 unspecified atom stereocenters. The SMILES string of the molecule is Cc1noc(C)c1CN1CCN(C(=O)c2c(F)cccc2F)CC1. The van der Waals surface area contributed by atoms with Crippen LogP contribution in [0.3, 0.4) is 0 Å². The molecule has 1 fully saturated rings. The van der Waals surface area contributed by atoms with Crippen LogP contribution in [-0.2, 0) is 6.54 Å². The van der Waals surface area contributed by atoms with E-state index in [1.54, 1.807) is 0 Å². The number of hydrogen-bond donors (Lipinski definition) is 0. The van der Waals surface area contributed by atoms with Gasteiger partial charge in [0.25, 0.3) is 5.91 Å². The number of nitrogens with zero attached hydrogens (tertiary/aromatic N) is 3. The molecule has 0 spiro atoms. The van der Waals surface area contributed by atoms with Crippen molar-refractivity contribution in [1.82, 2.24) is 15.0 Å². The molecular weight excluding hydrogens is 316 g/mol. The first-order valence-electron chi connectivity index (χ1n) is 7.84. The first-order valence-corrected chi connectivity index (χ1v) is 7.84. The van der Waals surface area contributed by atoms with Gasteiger partial charge in [-0.3, -0.25) is 9.69 Å². The second-order valence-electron chi connectivity index (χ2n) is 5.97. The molecule has 1 aromatic carbocycles. The first-order chi connectivity index (χ1) is 11.5. The zero-order valence-corrected chi connectivity index (χ0v) is 13.7. The van der Waals surface area contributed by atoms with E-state index in [4.69, 9.17) is 4.52 Å². The average molecular weight is 335 g/mol. The van der Waals surface area contributed by atoms with Crippen molar-refractivity contribution in [2.75, 3.05) is 26.2 Å². The predicted molar refractivity (Wildman–Crippen MR) is 83.5 cm³/mol. The van der Waals surface area contributed by atoms with Crippen LogP contribution in [0.2, 0.25) is 0 Å². The summed E-state index contributed by atoms with van der Waals surface area (Å²) in [6.45, 7) is 6.57. The van der Waals surface area contributed by atoms with Crippen molar-refractivity contribution in [1.29, 1.82) is 0 Å². The van der Waals surface area contributed by atoms with E-state index in [-0.39, 0.29) is 0 Å². The highest BCUT2D eigenvalue weighted by Gasteiger charge is 2.27. The Morgan fingerprint density at radius 1 is 1.17 bits per heavy atom. The molecule has 0 aliphatic carbocycles. The summed E-state index contributed by atoms with van der Waals surface area (Å²) in [7, 11) is 0. The topological polar surface area (TPSA) is 49.6 Å². The van der Waals surface area contributed by atoms with Crippen LogP contribution in [0.25, 0.3) is 0 Å². The molecule has 0 N–H and O–H groups in total. The zero-order chi connectivity index (χ0) is 17.3. The maximum absolute atomic E-state index is 13.8. The van der Waals surface area contributed by atoms with Gasteiger partial charge < -0.3 is 9.42 Å². The van der Waals surface area contributed by atoms with Crippen molar-refractivity contribution >= 4 is 5.91 Å². The number of carbonyl (C=O) groups is 1. The smallest absolute Gasteiger partial charge is 0.259 e. The minimum atomic E-state index is -0.821. The van der Waals surface area contributed by atoms with Gasteiger partial charge in [-0.05, 0) is 26.0 Å². The Morgan fingerprint density at radius 2 is 1.79 bits per heavy atom. The van der Waals surface area contributed by atoms with Crippen molar-refractivity contribution in [3.63, 3.8) is 0 Å². The van der Waals surface area contributed by atoms with E-state index in [2.05, 4.69) is 10.1 Å². The Hall–Kier alpha value is -2.28. The average Bonchev–Trinajstić information content (AvgIpc) is 2.87.